The Morgan fingerprint density at radius 1 is 0.971 bits per heavy atom. The fourth-order valence-electron chi connectivity index (χ4n) is 4.14. The maximum atomic E-state index is 13.6. The molecule has 0 radical (unpaired) electrons. The normalized spacial score (nSPS) is 14.5. The van der Waals surface area contributed by atoms with Crippen molar-refractivity contribution in [2.75, 3.05) is 31.5 Å². The van der Waals surface area contributed by atoms with E-state index in [0.29, 0.717) is 50.5 Å². The van der Waals surface area contributed by atoms with Crippen LogP contribution in [0.4, 0.5) is 5.69 Å². The van der Waals surface area contributed by atoms with Crippen molar-refractivity contribution < 1.29 is 17.9 Å². The van der Waals surface area contributed by atoms with E-state index < -0.39 is 10.0 Å². The molecule has 4 rings (SSSR count). The van der Waals surface area contributed by atoms with Crippen molar-refractivity contribution in [2.45, 2.75) is 31.6 Å². The van der Waals surface area contributed by atoms with Crippen LogP contribution in [-0.4, -0.2) is 44.8 Å². The largest absolute Gasteiger partial charge is 0.456 e. The first kappa shape index (κ1) is 24.9. The lowest BCUT2D eigenvalue weighted by molar-refractivity contribution is -0.116. The smallest absolute Gasteiger partial charge is 0.246 e. The molecule has 1 amide bonds. The van der Waals surface area contributed by atoms with Crippen LogP contribution < -0.4 is 15.4 Å². The third-order valence-electron chi connectivity index (χ3n) is 5.83. The molecule has 0 aromatic heterocycles. The average molecular weight is 494 g/mol. The van der Waals surface area contributed by atoms with Crippen molar-refractivity contribution in [3.63, 3.8) is 0 Å². The van der Waals surface area contributed by atoms with Crippen LogP contribution in [0.15, 0.2) is 71.6 Å². The number of nitrogens with one attached hydrogen (secondary N) is 2. The Labute approximate surface area is 207 Å². The van der Waals surface area contributed by atoms with Gasteiger partial charge in [0.2, 0.25) is 15.9 Å². The zero-order chi connectivity index (χ0) is 24.8. The third-order valence-corrected chi connectivity index (χ3v) is 7.75. The van der Waals surface area contributed by atoms with E-state index in [1.165, 1.54) is 10.4 Å². The lowest BCUT2D eigenvalue weighted by atomic mass is 10.1. The maximum absolute atomic E-state index is 13.6. The molecule has 3 aromatic rings. The Bertz CT molecular complexity index is 1270. The van der Waals surface area contributed by atoms with Crippen LogP contribution in [0.2, 0.25) is 0 Å². The van der Waals surface area contributed by atoms with Gasteiger partial charge in [0.1, 0.15) is 16.4 Å². The highest BCUT2D eigenvalue weighted by atomic mass is 32.2. The summed E-state index contributed by atoms with van der Waals surface area (Å²) in [5.74, 6) is 0.622. The number of rotatable bonds is 8. The summed E-state index contributed by atoms with van der Waals surface area (Å²) in [5.41, 5.74) is 3.54. The second kappa shape index (κ2) is 11.0. The van der Waals surface area contributed by atoms with E-state index in [1.807, 2.05) is 62.4 Å². The molecule has 1 aliphatic heterocycles. The van der Waals surface area contributed by atoms with Gasteiger partial charge in [0.15, 0.2) is 0 Å². The average Bonchev–Trinajstić information content (AvgIpc) is 2.84. The van der Waals surface area contributed by atoms with E-state index in [4.69, 9.17) is 4.74 Å². The van der Waals surface area contributed by atoms with Gasteiger partial charge in [0.05, 0.1) is 0 Å². The molecule has 7 nitrogen and oxygen atoms in total. The Balaban J connectivity index is 1.60. The number of piperazine rings is 1. The fourth-order valence-corrected chi connectivity index (χ4v) is 5.72. The van der Waals surface area contributed by atoms with Crippen molar-refractivity contribution in [2.24, 2.45) is 0 Å². The molecule has 0 aliphatic carbocycles. The van der Waals surface area contributed by atoms with Gasteiger partial charge >= 0.3 is 0 Å². The number of hydrogen-bond donors (Lipinski definition) is 2. The summed E-state index contributed by atoms with van der Waals surface area (Å²) >= 11 is 0. The lowest BCUT2D eigenvalue weighted by Crippen LogP contribution is -2.46. The second-order valence-electron chi connectivity index (χ2n) is 8.77. The number of carbonyl (C=O) groups is 1. The first-order valence-corrected chi connectivity index (χ1v) is 13.2. The van der Waals surface area contributed by atoms with Gasteiger partial charge in [-0.2, -0.15) is 4.31 Å². The number of aryl methyl sites for hydroxylation is 3. The van der Waals surface area contributed by atoms with Crippen molar-refractivity contribution in [1.82, 2.24) is 9.62 Å². The minimum absolute atomic E-state index is 0.0411. The minimum Gasteiger partial charge on any atom is -0.456 e. The van der Waals surface area contributed by atoms with Crippen LogP contribution in [0.1, 0.15) is 23.1 Å². The van der Waals surface area contributed by atoms with E-state index >= 15 is 0 Å². The first-order valence-electron chi connectivity index (χ1n) is 11.8. The van der Waals surface area contributed by atoms with E-state index in [9.17, 15) is 13.2 Å². The van der Waals surface area contributed by atoms with Crippen molar-refractivity contribution in [3.05, 3.63) is 83.4 Å². The molecule has 3 aromatic carbocycles. The Morgan fingerprint density at radius 3 is 2.34 bits per heavy atom. The molecule has 0 atom stereocenters. The highest BCUT2D eigenvalue weighted by Gasteiger charge is 2.29. The summed E-state index contributed by atoms with van der Waals surface area (Å²) in [5, 5.41) is 6.02. The number of hydrogen-bond acceptors (Lipinski definition) is 5. The molecule has 1 saturated heterocycles. The summed E-state index contributed by atoms with van der Waals surface area (Å²) in [7, 11) is -3.83. The summed E-state index contributed by atoms with van der Waals surface area (Å²) < 4.78 is 34.7. The van der Waals surface area contributed by atoms with Crippen LogP contribution in [0.25, 0.3) is 0 Å². The predicted molar refractivity (Wildman–Crippen MR) is 137 cm³/mol. The Morgan fingerprint density at radius 2 is 1.66 bits per heavy atom. The zero-order valence-corrected chi connectivity index (χ0v) is 20.9. The number of nitrogens with zero attached hydrogens (tertiary/aromatic N) is 1. The molecule has 0 bridgehead atoms. The fraction of sp³-hybridized carbons (Fsp3) is 0.296. The summed E-state index contributed by atoms with van der Waals surface area (Å²) in [6, 6.07) is 20.3. The quantitative estimate of drug-likeness (QED) is 0.490. The second-order valence-corrected chi connectivity index (χ2v) is 10.7. The van der Waals surface area contributed by atoms with Gasteiger partial charge in [0.25, 0.3) is 0 Å². The molecule has 1 fully saturated rings. The van der Waals surface area contributed by atoms with Crippen LogP contribution in [-0.2, 0) is 21.2 Å². The Kier molecular flexibility index (Phi) is 7.85. The summed E-state index contributed by atoms with van der Waals surface area (Å²) in [6.45, 7) is 5.85. The zero-order valence-electron chi connectivity index (χ0n) is 20.1. The van der Waals surface area contributed by atoms with E-state index in [2.05, 4.69) is 10.6 Å². The van der Waals surface area contributed by atoms with Gasteiger partial charge in [-0.15, -0.1) is 0 Å². The van der Waals surface area contributed by atoms with E-state index in [1.54, 1.807) is 12.1 Å². The molecule has 1 heterocycles. The van der Waals surface area contributed by atoms with Gasteiger partial charge in [0, 0.05) is 38.3 Å². The molecule has 0 unspecified atom stereocenters. The number of anilines is 1. The monoisotopic (exact) mass is 493 g/mol. The number of ether oxygens (including phenoxy) is 1. The molecule has 35 heavy (non-hydrogen) atoms. The highest BCUT2D eigenvalue weighted by Crippen LogP contribution is 2.34. The molecule has 0 spiro atoms. The van der Waals surface area contributed by atoms with Crippen LogP contribution in [0, 0.1) is 13.8 Å². The third kappa shape index (κ3) is 6.48. The molecular formula is C27H31N3O4S. The summed E-state index contributed by atoms with van der Waals surface area (Å²) in [4.78, 5) is 12.6. The van der Waals surface area contributed by atoms with Crippen molar-refractivity contribution in [3.8, 4) is 11.5 Å². The minimum atomic E-state index is -3.83. The number of carbonyl (C=O) groups excluding carboxylic acids is 1. The standard InChI is InChI=1S/C27H31N3O4S/c1-20-16-21(2)18-24(17-20)34-25-10-9-23(29-27(31)11-8-22-6-4-3-5-7-22)19-26(25)35(32,33)30-14-12-28-13-15-30/h3-7,9-10,16-19,28H,8,11-15H2,1-2H3,(H,29,31). The number of sulfonamides is 1. The van der Waals surface area contributed by atoms with Gasteiger partial charge in [-0.05, 0) is 67.3 Å². The summed E-state index contributed by atoms with van der Waals surface area (Å²) in [6.07, 6.45) is 0.900. The molecule has 184 valence electrons. The Hall–Kier alpha value is -3.20. The highest BCUT2D eigenvalue weighted by molar-refractivity contribution is 7.89. The lowest BCUT2D eigenvalue weighted by Gasteiger charge is -2.27. The van der Waals surface area contributed by atoms with Crippen LogP contribution in [0.5, 0.6) is 11.5 Å². The van der Waals surface area contributed by atoms with E-state index in [0.717, 1.165) is 16.7 Å². The van der Waals surface area contributed by atoms with Gasteiger partial charge in [-0.1, -0.05) is 36.4 Å². The molecule has 0 saturated carbocycles. The number of benzene rings is 3. The van der Waals surface area contributed by atoms with Crippen molar-refractivity contribution in [1.29, 1.82) is 0 Å². The molecular weight excluding hydrogens is 462 g/mol. The topological polar surface area (TPSA) is 87.7 Å². The van der Waals surface area contributed by atoms with Gasteiger partial charge in [-0.25, -0.2) is 8.42 Å². The molecule has 1 aliphatic rings. The maximum Gasteiger partial charge on any atom is 0.246 e. The van der Waals surface area contributed by atoms with Crippen molar-refractivity contribution >= 4 is 21.6 Å². The van der Waals surface area contributed by atoms with Crippen LogP contribution >= 0.6 is 0 Å². The van der Waals surface area contributed by atoms with Crippen LogP contribution in [0.3, 0.4) is 0 Å². The molecule has 8 heteroatoms. The SMILES string of the molecule is Cc1cc(C)cc(Oc2ccc(NC(=O)CCc3ccccc3)cc2S(=O)(=O)N2CCNCC2)c1. The predicted octanol–water partition coefficient (Wildman–Crippen LogP) is 4.26. The van der Waals surface area contributed by atoms with E-state index in [-0.39, 0.29) is 16.6 Å². The first-order chi connectivity index (χ1) is 16.8. The number of amides is 1. The van der Waals surface area contributed by atoms with Gasteiger partial charge in [-0.3, -0.25) is 4.79 Å². The molecule has 2 N–H and O–H groups in total. The van der Waals surface area contributed by atoms with Gasteiger partial charge < -0.3 is 15.4 Å².